The van der Waals surface area contributed by atoms with Crippen LogP contribution in [-0.4, -0.2) is 47.6 Å². The molecule has 2 atom stereocenters. The molecule has 1 aliphatic heterocycles. The minimum Gasteiger partial charge on any atom is -0.455 e. The highest BCUT2D eigenvalue weighted by Gasteiger charge is 2.46. The number of hydrogen-bond acceptors (Lipinski definition) is 6. The van der Waals surface area contributed by atoms with Crippen molar-refractivity contribution in [2.24, 2.45) is 11.8 Å². The minimum atomic E-state index is -0.719. The second-order valence-electron chi connectivity index (χ2n) is 6.76. The van der Waals surface area contributed by atoms with E-state index in [1.165, 1.54) is 0 Å². The fourth-order valence-corrected chi connectivity index (χ4v) is 3.33. The van der Waals surface area contributed by atoms with Crippen LogP contribution in [0.2, 0.25) is 0 Å². The predicted molar refractivity (Wildman–Crippen MR) is 99.7 cm³/mol. The quantitative estimate of drug-likeness (QED) is 0.308. The van der Waals surface area contributed by atoms with Gasteiger partial charge in [0.25, 0.3) is 11.8 Å². The molecule has 0 unspecified atom stereocenters. The zero-order valence-electron chi connectivity index (χ0n) is 15.6. The van der Waals surface area contributed by atoms with E-state index in [1.54, 1.807) is 30.3 Å². The van der Waals surface area contributed by atoms with E-state index in [9.17, 15) is 24.0 Å². The molecule has 29 heavy (non-hydrogen) atoms. The van der Waals surface area contributed by atoms with Gasteiger partial charge in [-0.1, -0.05) is 30.4 Å². The lowest BCUT2D eigenvalue weighted by Crippen LogP contribution is -2.43. The number of ether oxygens (including phenoxy) is 1. The van der Waals surface area contributed by atoms with Crippen molar-refractivity contribution in [3.05, 3.63) is 48.0 Å². The summed E-state index contributed by atoms with van der Waals surface area (Å²) in [6.45, 7) is -0.666. The Balaban J connectivity index is 1.37. The number of allylic oxidation sites excluding steroid dienone is 2. The van der Waals surface area contributed by atoms with E-state index in [4.69, 9.17) is 4.74 Å². The van der Waals surface area contributed by atoms with E-state index in [0.717, 1.165) is 4.90 Å². The molecular formula is C20H21N3O6. The van der Waals surface area contributed by atoms with Gasteiger partial charge in [0, 0.05) is 12.1 Å². The summed E-state index contributed by atoms with van der Waals surface area (Å²) >= 11 is 0. The zero-order chi connectivity index (χ0) is 20.8. The van der Waals surface area contributed by atoms with Crippen molar-refractivity contribution in [1.29, 1.82) is 0 Å². The van der Waals surface area contributed by atoms with Crippen molar-refractivity contribution < 1.29 is 28.7 Å². The average Bonchev–Trinajstić information content (AvgIpc) is 2.99. The third kappa shape index (κ3) is 4.87. The largest absolute Gasteiger partial charge is 0.455 e. The van der Waals surface area contributed by atoms with E-state index in [-0.39, 0.29) is 36.6 Å². The summed E-state index contributed by atoms with van der Waals surface area (Å²) in [5.41, 5.74) is 4.71. The molecule has 4 amide bonds. The molecule has 0 bridgehead atoms. The molecule has 0 radical (unpaired) electrons. The Labute approximate surface area is 167 Å². The van der Waals surface area contributed by atoms with Gasteiger partial charge in [-0.3, -0.25) is 39.7 Å². The van der Waals surface area contributed by atoms with Gasteiger partial charge in [0.1, 0.15) is 0 Å². The number of fused-ring (bicyclic) bond motifs is 1. The molecule has 0 aromatic heterocycles. The number of imide groups is 1. The first-order valence-electron chi connectivity index (χ1n) is 9.27. The van der Waals surface area contributed by atoms with Crippen LogP contribution < -0.4 is 10.9 Å². The van der Waals surface area contributed by atoms with E-state index >= 15 is 0 Å². The lowest BCUT2D eigenvalue weighted by atomic mass is 9.85. The fraction of sp³-hybridized carbons (Fsp3) is 0.350. The maximum absolute atomic E-state index is 12.3. The van der Waals surface area contributed by atoms with E-state index in [2.05, 4.69) is 10.9 Å². The summed E-state index contributed by atoms with van der Waals surface area (Å²) in [4.78, 5) is 61.0. The second kappa shape index (κ2) is 9.13. The Morgan fingerprint density at radius 1 is 0.966 bits per heavy atom. The number of benzene rings is 1. The number of carbonyl (C=O) groups is 5. The number of amides is 4. The number of rotatable bonds is 6. The molecule has 9 heteroatoms. The Bertz CT molecular complexity index is 825. The molecular weight excluding hydrogens is 378 g/mol. The van der Waals surface area contributed by atoms with Crippen LogP contribution in [-0.2, 0) is 23.9 Å². The number of likely N-dealkylation sites (tertiary alicyclic amines) is 1. The highest BCUT2D eigenvalue weighted by molar-refractivity contribution is 6.05. The Hall–Kier alpha value is -3.49. The van der Waals surface area contributed by atoms with Crippen molar-refractivity contribution in [1.82, 2.24) is 15.8 Å². The highest BCUT2D eigenvalue weighted by Crippen LogP contribution is 2.34. The molecule has 3 rings (SSSR count). The van der Waals surface area contributed by atoms with Crippen LogP contribution in [0.3, 0.4) is 0 Å². The maximum Gasteiger partial charge on any atom is 0.308 e. The monoisotopic (exact) mass is 399 g/mol. The predicted octanol–water partition coefficient (Wildman–Crippen LogP) is 0.332. The Morgan fingerprint density at radius 2 is 1.59 bits per heavy atom. The lowest BCUT2D eigenvalue weighted by molar-refractivity contribution is -0.150. The molecule has 2 N–H and O–H groups in total. The third-order valence-corrected chi connectivity index (χ3v) is 4.85. The molecule has 152 valence electrons. The van der Waals surface area contributed by atoms with Gasteiger partial charge in [0.15, 0.2) is 6.61 Å². The number of nitrogens with one attached hydrogen (secondary N) is 2. The third-order valence-electron chi connectivity index (χ3n) is 4.85. The summed E-state index contributed by atoms with van der Waals surface area (Å²) in [6, 6.07) is 8.27. The van der Waals surface area contributed by atoms with Gasteiger partial charge in [0.2, 0.25) is 11.8 Å². The second-order valence-corrected chi connectivity index (χ2v) is 6.76. The molecule has 9 nitrogen and oxygen atoms in total. The number of esters is 1. The summed E-state index contributed by atoms with van der Waals surface area (Å²) in [5.74, 6) is -3.16. The Morgan fingerprint density at radius 3 is 2.21 bits per heavy atom. The van der Waals surface area contributed by atoms with E-state index in [1.807, 2.05) is 12.2 Å². The topological polar surface area (TPSA) is 122 Å². The standard InChI is InChI=1S/C20H21N3O6/c24-16(21-22-18(26)13-6-2-1-3-7-13)12-29-17(25)10-11-23-19(27)14-8-4-5-9-15(14)20(23)28/h1-7,14-15H,8-12H2,(H,21,24)(H,22,26)/t14-,15-/m0/s1. The van der Waals surface area contributed by atoms with Crippen LogP contribution in [0.1, 0.15) is 29.6 Å². The lowest BCUT2D eigenvalue weighted by Gasteiger charge is -2.14. The molecule has 0 saturated carbocycles. The molecule has 1 heterocycles. The molecule has 1 aromatic carbocycles. The number of hydrazine groups is 1. The smallest absolute Gasteiger partial charge is 0.308 e. The molecule has 0 spiro atoms. The molecule has 1 aromatic rings. The summed E-state index contributed by atoms with van der Waals surface area (Å²) < 4.78 is 4.83. The molecule has 1 saturated heterocycles. The fourth-order valence-electron chi connectivity index (χ4n) is 3.33. The average molecular weight is 399 g/mol. The van der Waals surface area contributed by atoms with Crippen molar-refractivity contribution in [2.75, 3.05) is 13.2 Å². The van der Waals surface area contributed by atoms with Crippen LogP contribution in [0.4, 0.5) is 0 Å². The van der Waals surface area contributed by atoms with Crippen molar-refractivity contribution in [2.45, 2.75) is 19.3 Å². The normalized spacial score (nSPS) is 20.2. The molecule has 1 aliphatic carbocycles. The van der Waals surface area contributed by atoms with Crippen LogP contribution in [0.5, 0.6) is 0 Å². The minimum absolute atomic E-state index is 0.0735. The summed E-state index contributed by atoms with van der Waals surface area (Å²) in [7, 11) is 0. The van der Waals surface area contributed by atoms with E-state index < -0.39 is 24.4 Å². The van der Waals surface area contributed by atoms with Gasteiger partial charge in [0.05, 0.1) is 18.3 Å². The summed E-state index contributed by atoms with van der Waals surface area (Å²) in [6.07, 6.45) is 4.64. The highest BCUT2D eigenvalue weighted by atomic mass is 16.5. The van der Waals surface area contributed by atoms with Gasteiger partial charge in [-0.2, -0.15) is 0 Å². The van der Waals surface area contributed by atoms with Gasteiger partial charge >= 0.3 is 5.97 Å². The number of nitrogens with zero attached hydrogens (tertiary/aromatic N) is 1. The molecule has 1 fully saturated rings. The van der Waals surface area contributed by atoms with Crippen LogP contribution >= 0.6 is 0 Å². The van der Waals surface area contributed by atoms with Gasteiger partial charge in [-0.05, 0) is 25.0 Å². The van der Waals surface area contributed by atoms with Crippen LogP contribution in [0, 0.1) is 11.8 Å². The Kier molecular flexibility index (Phi) is 6.38. The van der Waals surface area contributed by atoms with Gasteiger partial charge in [-0.15, -0.1) is 0 Å². The first kappa shape index (κ1) is 20.2. The van der Waals surface area contributed by atoms with E-state index in [0.29, 0.717) is 18.4 Å². The number of hydrogen-bond donors (Lipinski definition) is 2. The molecule has 2 aliphatic rings. The van der Waals surface area contributed by atoms with Crippen molar-refractivity contribution >= 4 is 29.6 Å². The first-order valence-corrected chi connectivity index (χ1v) is 9.27. The van der Waals surface area contributed by atoms with Crippen LogP contribution in [0.25, 0.3) is 0 Å². The SMILES string of the molecule is O=C(COC(=O)CCN1C(=O)[C@H]2CC=CC[C@@H]2C1=O)NNC(=O)c1ccccc1. The van der Waals surface area contributed by atoms with Crippen molar-refractivity contribution in [3.8, 4) is 0 Å². The van der Waals surface area contributed by atoms with Gasteiger partial charge in [-0.25, -0.2) is 0 Å². The zero-order valence-corrected chi connectivity index (χ0v) is 15.6. The van der Waals surface area contributed by atoms with Gasteiger partial charge < -0.3 is 4.74 Å². The summed E-state index contributed by atoms with van der Waals surface area (Å²) in [5, 5.41) is 0. The first-order chi connectivity index (χ1) is 14.0. The van der Waals surface area contributed by atoms with Crippen molar-refractivity contribution in [3.63, 3.8) is 0 Å². The maximum atomic E-state index is 12.3. The number of carbonyl (C=O) groups excluding carboxylic acids is 5. The van der Waals surface area contributed by atoms with Crippen LogP contribution in [0.15, 0.2) is 42.5 Å².